The molecule has 0 saturated heterocycles. The molecule has 2 aliphatic rings. The molecule has 0 radical (unpaired) electrons. The minimum atomic E-state index is -0.926. The molecule has 0 unspecified atom stereocenters. The second-order valence-corrected chi connectivity index (χ2v) is 8.01. The highest BCUT2D eigenvalue weighted by Crippen LogP contribution is 2.37. The molecule has 0 atom stereocenters. The van der Waals surface area contributed by atoms with Gasteiger partial charge in [0.1, 0.15) is 5.54 Å². The van der Waals surface area contributed by atoms with Gasteiger partial charge in [0.15, 0.2) is 0 Å². The van der Waals surface area contributed by atoms with Crippen LogP contribution in [0.4, 0.5) is 11.4 Å². The van der Waals surface area contributed by atoms with Gasteiger partial charge in [0, 0.05) is 6.04 Å². The zero-order valence-electron chi connectivity index (χ0n) is 16.0. The normalized spacial score (nSPS) is 18.2. The minimum absolute atomic E-state index is 0.0549. The van der Waals surface area contributed by atoms with E-state index in [2.05, 4.69) is 34.5 Å². The first-order chi connectivity index (χ1) is 12.9. The summed E-state index contributed by atoms with van der Waals surface area (Å²) in [6, 6.07) is 16.3. The monoisotopic (exact) mass is 363 g/mol. The van der Waals surface area contributed by atoms with Gasteiger partial charge in [0.2, 0.25) is 11.8 Å². The molecule has 0 aromatic heterocycles. The Kier molecular flexibility index (Phi) is 4.27. The van der Waals surface area contributed by atoms with Crippen LogP contribution in [0.3, 0.4) is 0 Å². The third-order valence-corrected chi connectivity index (χ3v) is 5.79. The van der Waals surface area contributed by atoms with Crippen LogP contribution >= 0.6 is 0 Å². The lowest BCUT2D eigenvalue weighted by molar-refractivity contribution is -0.127. The number of fused-ring (bicyclic) bond motifs is 2. The van der Waals surface area contributed by atoms with E-state index < -0.39 is 5.54 Å². The lowest BCUT2D eigenvalue weighted by Gasteiger charge is -2.42. The van der Waals surface area contributed by atoms with Crippen molar-refractivity contribution >= 4 is 23.2 Å². The number of benzene rings is 2. The van der Waals surface area contributed by atoms with Gasteiger partial charge >= 0.3 is 0 Å². The standard InChI is InChI=1S/C22H25N3O2/c1-22(2)21(27)23-18-10-6-7-11-19(18)25(22)20(26)14-24(3)17-12-15-8-4-5-9-16(15)13-17/h4-11,17H,12-14H2,1-3H3,(H,23,27). The molecule has 1 aliphatic heterocycles. The van der Waals surface area contributed by atoms with Crippen molar-refractivity contribution in [1.82, 2.24) is 4.90 Å². The number of carbonyl (C=O) groups excluding carboxylic acids is 2. The fourth-order valence-electron chi connectivity index (χ4n) is 4.16. The highest BCUT2D eigenvalue weighted by Gasteiger charge is 2.43. The van der Waals surface area contributed by atoms with Crippen molar-refractivity contribution < 1.29 is 9.59 Å². The number of hydrogen-bond donors (Lipinski definition) is 1. The van der Waals surface area contributed by atoms with Gasteiger partial charge in [0.05, 0.1) is 17.9 Å². The van der Waals surface area contributed by atoms with E-state index in [0.29, 0.717) is 11.7 Å². The van der Waals surface area contributed by atoms with Crippen LogP contribution in [-0.2, 0) is 22.4 Å². The lowest BCUT2D eigenvalue weighted by Crippen LogP contribution is -2.60. The van der Waals surface area contributed by atoms with E-state index in [1.807, 2.05) is 31.3 Å². The van der Waals surface area contributed by atoms with Crippen molar-refractivity contribution in [3.8, 4) is 0 Å². The van der Waals surface area contributed by atoms with Crippen LogP contribution in [0, 0.1) is 0 Å². The number of nitrogens with zero attached hydrogens (tertiary/aromatic N) is 2. The van der Waals surface area contributed by atoms with Gasteiger partial charge in [0.25, 0.3) is 0 Å². The number of hydrogen-bond acceptors (Lipinski definition) is 3. The third kappa shape index (κ3) is 3.02. The Balaban J connectivity index is 1.55. The number of anilines is 2. The Hall–Kier alpha value is -2.66. The average Bonchev–Trinajstić information content (AvgIpc) is 3.06. The van der Waals surface area contributed by atoms with E-state index in [-0.39, 0.29) is 18.4 Å². The molecule has 27 heavy (non-hydrogen) atoms. The molecule has 2 aromatic carbocycles. The highest BCUT2D eigenvalue weighted by molar-refractivity contribution is 6.14. The first kappa shape index (κ1) is 17.7. The Morgan fingerprint density at radius 3 is 2.37 bits per heavy atom. The maximum atomic E-state index is 13.3. The molecule has 2 amide bonds. The average molecular weight is 363 g/mol. The predicted molar refractivity (Wildman–Crippen MR) is 107 cm³/mol. The van der Waals surface area contributed by atoms with E-state index in [1.165, 1.54) is 11.1 Å². The predicted octanol–water partition coefficient (Wildman–Crippen LogP) is 2.85. The molecule has 2 aromatic rings. The molecule has 1 N–H and O–H groups in total. The molecular formula is C22H25N3O2. The number of likely N-dealkylation sites (N-methyl/N-ethyl adjacent to an activating group) is 1. The molecule has 1 heterocycles. The first-order valence-corrected chi connectivity index (χ1v) is 9.38. The number of carbonyl (C=O) groups is 2. The summed E-state index contributed by atoms with van der Waals surface area (Å²) in [7, 11) is 2.00. The second-order valence-electron chi connectivity index (χ2n) is 8.01. The fourth-order valence-corrected chi connectivity index (χ4v) is 4.16. The van der Waals surface area contributed by atoms with Gasteiger partial charge < -0.3 is 5.32 Å². The minimum Gasteiger partial charge on any atom is -0.322 e. The van der Waals surface area contributed by atoms with Crippen molar-refractivity contribution in [2.24, 2.45) is 0 Å². The second kappa shape index (κ2) is 6.50. The summed E-state index contributed by atoms with van der Waals surface area (Å²) >= 11 is 0. The van der Waals surface area contributed by atoms with Gasteiger partial charge in [-0.2, -0.15) is 0 Å². The lowest BCUT2D eigenvalue weighted by atomic mass is 9.96. The fraction of sp³-hybridized carbons (Fsp3) is 0.364. The molecule has 0 bridgehead atoms. The summed E-state index contributed by atoms with van der Waals surface area (Å²) in [5, 5.41) is 2.91. The van der Waals surface area contributed by atoms with Crippen molar-refractivity contribution in [3.63, 3.8) is 0 Å². The van der Waals surface area contributed by atoms with Crippen LogP contribution in [0.5, 0.6) is 0 Å². The quantitative estimate of drug-likeness (QED) is 0.912. The molecule has 1 aliphatic carbocycles. The topological polar surface area (TPSA) is 52.7 Å². The van der Waals surface area contributed by atoms with E-state index >= 15 is 0 Å². The number of amides is 2. The first-order valence-electron chi connectivity index (χ1n) is 9.38. The molecule has 0 spiro atoms. The molecule has 5 heteroatoms. The number of rotatable bonds is 3. The largest absolute Gasteiger partial charge is 0.322 e. The van der Waals surface area contributed by atoms with Crippen LogP contribution in [0.25, 0.3) is 0 Å². The maximum absolute atomic E-state index is 13.3. The van der Waals surface area contributed by atoms with Crippen molar-refractivity contribution in [2.75, 3.05) is 23.8 Å². The molecule has 140 valence electrons. The number of para-hydroxylation sites is 2. The molecule has 0 saturated carbocycles. The molecule has 0 fully saturated rings. The van der Waals surface area contributed by atoms with Crippen molar-refractivity contribution in [2.45, 2.75) is 38.3 Å². The van der Waals surface area contributed by atoms with Crippen LogP contribution in [0.15, 0.2) is 48.5 Å². The third-order valence-electron chi connectivity index (χ3n) is 5.79. The Labute approximate surface area is 160 Å². The summed E-state index contributed by atoms with van der Waals surface area (Å²) in [5.74, 6) is -0.216. The van der Waals surface area contributed by atoms with Crippen LogP contribution in [-0.4, -0.2) is 41.9 Å². The molecule has 4 rings (SSSR count). The van der Waals surface area contributed by atoms with Crippen molar-refractivity contribution in [1.29, 1.82) is 0 Å². The smallest absolute Gasteiger partial charge is 0.250 e. The summed E-state index contributed by atoms with van der Waals surface area (Å²) in [6.45, 7) is 3.87. The van der Waals surface area contributed by atoms with E-state index in [1.54, 1.807) is 18.7 Å². The summed E-state index contributed by atoms with van der Waals surface area (Å²) in [6.07, 6.45) is 1.92. The highest BCUT2D eigenvalue weighted by atomic mass is 16.2. The Morgan fingerprint density at radius 2 is 1.70 bits per heavy atom. The Bertz CT molecular complexity index is 881. The van der Waals surface area contributed by atoms with Crippen molar-refractivity contribution in [3.05, 3.63) is 59.7 Å². The zero-order valence-corrected chi connectivity index (χ0v) is 16.0. The van der Waals surface area contributed by atoms with Gasteiger partial charge in [-0.05, 0) is 57.0 Å². The van der Waals surface area contributed by atoms with Crippen LogP contribution in [0.1, 0.15) is 25.0 Å². The van der Waals surface area contributed by atoms with Gasteiger partial charge in [-0.25, -0.2) is 0 Å². The zero-order chi connectivity index (χ0) is 19.2. The Morgan fingerprint density at radius 1 is 1.11 bits per heavy atom. The summed E-state index contributed by atoms with van der Waals surface area (Å²) in [5.41, 5.74) is 3.25. The van der Waals surface area contributed by atoms with Crippen LogP contribution < -0.4 is 10.2 Å². The molecule has 5 nitrogen and oxygen atoms in total. The van der Waals surface area contributed by atoms with Crippen LogP contribution in [0.2, 0.25) is 0 Å². The SMILES string of the molecule is CN(CC(=O)N1c2ccccc2NC(=O)C1(C)C)C1Cc2ccccc2C1. The molecular weight excluding hydrogens is 338 g/mol. The maximum Gasteiger partial charge on any atom is 0.250 e. The van der Waals surface area contributed by atoms with Gasteiger partial charge in [-0.3, -0.25) is 19.4 Å². The van der Waals surface area contributed by atoms with Gasteiger partial charge in [-0.15, -0.1) is 0 Å². The van der Waals surface area contributed by atoms with E-state index in [0.717, 1.165) is 18.5 Å². The number of nitrogens with one attached hydrogen (secondary N) is 1. The summed E-state index contributed by atoms with van der Waals surface area (Å²) < 4.78 is 0. The van der Waals surface area contributed by atoms with Gasteiger partial charge in [-0.1, -0.05) is 36.4 Å². The van der Waals surface area contributed by atoms with E-state index in [4.69, 9.17) is 0 Å². The van der Waals surface area contributed by atoms with E-state index in [9.17, 15) is 9.59 Å². The summed E-state index contributed by atoms with van der Waals surface area (Å²) in [4.78, 5) is 29.6.